The van der Waals surface area contributed by atoms with E-state index >= 15 is 0 Å². The maximum absolute atomic E-state index is 14.9. The van der Waals surface area contributed by atoms with E-state index in [4.69, 9.17) is 4.74 Å². The van der Waals surface area contributed by atoms with Crippen LogP contribution < -0.4 is 20.3 Å². The molecule has 3 aromatic rings. The molecule has 0 bridgehead atoms. The number of nitrogens with zero attached hydrogens (tertiary/aromatic N) is 5. The van der Waals surface area contributed by atoms with Crippen molar-refractivity contribution >= 4 is 28.7 Å². The third kappa shape index (κ3) is 6.13. The van der Waals surface area contributed by atoms with Gasteiger partial charge in [0.15, 0.2) is 11.6 Å². The standard InChI is InChI=1S/C34H42FN7O2S.CH4/c1-3-40(2)45-39-30-7-5-28(35)31(27(30)19-36)44-25-4-6-29-26(16-25)32(43)42(22-38-29)24-17-33(18-24)12-14-41(15-13-33)23-8-10-34(11-9-23)20-37-21-34;/h4-7,16,22-24,37,39H,3,8-15,17-18,20-21H2,1-2H3;1H4. The van der Waals surface area contributed by atoms with Crippen molar-refractivity contribution < 1.29 is 9.13 Å². The molecule has 9 nitrogen and oxygen atoms in total. The number of nitrogens with one attached hydrogen (secondary N) is 2. The van der Waals surface area contributed by atoms with Crippen LogP contribution in [0.3, 0.4) is 0 Å². The number of hydrogen-bond donors (Lipinski definition) is 2. The Hall–Kier alpha value is -3.17. The van der Waals surface area contributed by atoms with Crippen LogP contribution in [0, 0.1) is 28.0 Å². The Kier molecular flexibility index (Phi) is 9.36. The molecule has 0 radical (unpaired) electrons. The van der Waals surface area contributed by atoms with Crippen LogP contribution in [0.4, 0.5) is 10.1 Å². The third-order valence-electron chi connectivity index (χ3n) is 11.1. The van der Waals surface area contributed by atoms with Crippen LogP contribution in [0.5, 0.6) is 11.5 Å². The van der Waals surface area contributed by atoms with Gasteiger partial charge < -0.3 is 19.7 Å². The zero-order valence-corrected chi connectivity index (χ0v) is 27.0. The molecule has 0 atom stereocenters. The summed E-state index contributed by atoms with van der Waals surface area (Å²) in [7, 11) is 1.91. The predicted octanol–water partition coefficient (Wildman–Crippen LogP) is 6.71. The van der Waals surface area contributed by atoms with Crippen LogP contribution in [0.25, 0.3) is 10.9 Å². The molecule has 3 heterocycles. The Morgan fingerprint density at radius 2 is 1.87 bits per heavy atom. The summed E-state index contributed by atoms with van der Waals surface area (Å²) in [6.45, 7) is 7.55. The number of fused-ring (bicyclic) bond motifs is 1. The molecule has 2 N–H and O–H groups in total. The van der Waals surface area contributed by atoms with Gasteiger partial charge in [0.25, 0.3) is 5.56 Å². The molecule has 2 aromatic carbocycles. The van der Waals surface area contributed by atoms with E-state index in [0.717, 1.165) is 25.4 Å². The first kappa shape index (κ1) is 32.8. The number of anilines is 1. The van der Waals surface area contributed by atoms with E-state index in [2.05, 4.69) is 26.0 Å². The normalized spacial score (nSPS) is 22.2. The SMILES string of the molecule is C.CCN(C)SNc1ccc(F)c(Oc2ccc3ncn(C4CC5(CCN(C6CCC7(CC6)CNC7)CC5)C4)c(=O)c3c2)c1C#N. The topological polar surface area (TPSA) is 98.4 Å². The zero-order valence-electron chi connectivity index (χ0n) is 26.1. The Balaban J connectivity index is 0.00000372. The van der Waals surface area contributed by atoms with Gasteiger partial charge in [0.05, 0.1) is 22.9 Å². The largest absolute Gasteiger partial charge is 0.453 e. The smallest absolute Gasteiger partial charge is 0.261 e. The van der Waals surface area contributed by atoms with Crippen LogP contribution in [0.1, 0.15) is 77.3 Å². The quantitative estimate of drug-likeness (QED) is 0.259. The molecular formula is C35H46FN7O2S. The zero-order chi connectivity index (χ0) is 31.2. The van der Waals surface area contributed by atoms with Crippen LogP contribution in [-0.4, -0.2) is 64.6 Å². The van der Waals surface area contributed by atoms with Crippen molar-refractivity contribution in [1.82, 2.24) is 24.1 Å². The first-order chi connectivity index (χ1) is 21.8. The predicted molar refractivity (Wildman–Crippen MR) is 183 cm³/mol. The van der Waals surface area contributed by atoms with Crippen molar-refractivity contribution in [2.24, 2.45) is 10.8 Å². The lowest BCUT2D eigenvalue weighted by Gasteiger charge is -2.55. The van der Waals surface area contributed by atoms with E-state index in [1.165, 1.54) is 89.0 Å². The van der Waals surface area contributed by atoms with Crippen molar-refractivity contribution in [3.8, 4) is 17.6 Å². The van der Waals surface area contributed by atoms with Gasteiger partial charge in [0, 0.05) is 43.9 Å². The van der Waals surface area contributed by atoms with Crippen molar-refractivity contribution in [2.75, 3.05) is 44.5 Å². The summed E-state index contributed by atoms with van der Waals surface area (Å²) in [4.78, 5) is 21.0. The number of ether oxygens (including phenoxy) is 1. The molecule has 4 aliphatic rings. The first-order valence-corrected chi connectivity index (χ1v) is 17.1. The fourth-order valence-corrected chi connectivity index (χ4v) is 8.48. The van der Waals surface area contributed by atoms with Gasteiger partial charge in [0.2, 0.25) is 0 Å². The van der Waals surface area contributed by atoms with Gasteiger partial charge >= 0.3 is 0 Å². The molecule has 7 rings (SSSR count). The molecular weight excluding hydrogens is 601 g/mol. The highest BCUT2D eigenvalue weighted by molar-refractivity contribution is 7.98. The number of benzene rings is 2. The molecule has 2 saturated heterocycles. The van der Waals surface area contributed by atoms with Crippen molar-refractivity contribution in [3.63, 3.8) is 0 Å². The van der Waals surface area contributed by atoms with Crippen LogP contribution in [0.15, 0.2) is 41.5 Å². The highest BCUT2D eigenvalue weighted by atomic mass is 32.2. The minimum Gasteiger partial charge on any atom is -0.453 e. The van der Waals surface area contributed by atoms with E-state index in [1.807, 2.05) is 18.3 Å². The second kappa shape index (κ2) is 13.1. The Bertz CT molecular complexity index is 1660. The monoisotopic (exact) mass is 647 g/mol. The van der Waals surface area contributed by atoms with E-state index < -0.39 is 5.82 Å². The second-order valence-electron chi connectivity index (χ2n) is 13.7. The van der Waals surface area contributed by atoms with Crippen molar-refractivity contribution in [1.29, 1.82) is 5.26 Å². The van der Waals surface area contributed by atoms with E-state index in [1.54, 1.807) is 29.1 Å². The van der Waals surface area contributed by atoms with Crippen LogP contribution in [-0.2, 0) is 0 Å². The number of rotatable bonds is 8. The van der Waals surface area contributed by atoms with Gasteiger partial charge in [-0.1, -0.05) is 14.4 Å². The second-order valence-corrected chi connectivity index (χ2v) is 14.7. The Morgan fingerprint density at radius 3 is 2.52 bits per heavy atom. The van der Waals surface area contributed by atoms with Crippen molar-refractivity contribution in [2.45, 2.75) is 77.8 Å². The molecule has 0 unspecified atom stereocenters. The lowest BCUT2D eigenvalue weighted by molar-refractivity contribution is -0.0341. The number of nitriles is 1. The summed E-state index contributed by atoms with van der Waals surface area (Å²) in [5.74, 6) is -0.543. The molecule has 246 valence electrons. The van der Waals surface area contributed by atoms with Gasteiger partial charge in [-0.25, -0.2) is 13.7 Å². The molecule has 2 aliphatic carbocycles. The molecule has 2 spiro atoms. The minimum atomic E-state index is -0.650. The number of piperidine rings is 1. The Labute approximate surface area is 275 Å². The molecule has 11 heteroatoms. The van der Waals surface area contributed by atoms with Gasteiger partial charge in [-0.2, -0.15) is 5.26 Å². The molecule has 1 aromatic heterocycles. The third-order valence-corrected chi connectivity index (χ3v) is 12.0. The number of likely N-dealkylation sites (tertiary alicyclic amines) is 1. The fraction of sp³-hybridized carbons (Fsp3) is 0.571. The van der Waals surface area contributed by atoms with Crippen LogP contribution >= 0.6 is 12.1 Å². The maximum Gasteiger partial charge on any atom is 0.261 e. The summed E-state index contributed by atoms with van der Waals surface area (Å²) in [5.41, 5.74) is 1.89. The van der Waals surface area contributed by atoms with Crippen molar-refractivity contribution in [3.05, 3.63) is 58.4 Å². The highest BCUT2D eigenvalue weighted by Crippen LogP contribution is 2.55. The van der Waals surface area contributed by atoms with Gasteiger partial charge in [-0.05, 0) is 113 Å². The van der Waals surface area contributed by atoms with Gasteiger partial charge in [-0.15, -0.1) is 0 Å². The Morgan fingerprint density at radius 1 is 1.13 bits per heavy atom. The molecule has 4 fully saturated rings. The summed E-state index contributed by atoms with van der Waals surface area (Å²) in [6.07, 6.45) is 11.5. The average Bonchev–Trinajstić information content (AvgIpc) is 3.03. The van der Waals surface area contributed by atoms with Gasteiger partial charge in [-0.3, -0.25) is 9.36 Å². The molecule has 46 heavy (non-hydrogen) atoms. The first-order valence-electron chi connectivity index (χ1n) is 16.3. The maximum atomic E-state index is 14.9. The number of halogens is 1. The average molecular weight is 648 g/mol. The molecule has 2 saturated carbocycles. The summed E-state index contributed by atoms with van der Waals surface area (Å²) in [6, 6.07) is 10.7. The summed E-state index contributed by atoms with van der Waals surface area (Å²) < 4.78 is 27.7. The minimum absolute atomic E-state index is 0. The molecule has 0 amide bonds. The summed E-state index contributed by atoms with van der Waals surface area (Å²) in [5, 5.41) is 13.8. The fourth-order valence-electron chi connectivity index (χ4n) is 7.92. The summed E-state index contributed by atoms with van der Waals surface area (Å²) >= 11 is 1.31. The number of hydrogen-bond acceptors (Lipinski definition) is 9. The van der Waals surface area contributed by atoms with Crippen LogP contribution in [0.2, 0.25) is 0 Å². The lowest BCUT2D eigenvalue weighted by atomic mass is 9.60. The van der Waals surface area contributed by atoms with Gasteiger partial charge in [0.1, 0.15) is 17.4 Å². The number of aromatic nitrogens is 2. The van der Waals surface area contributed by atoms with E-state index in [9.17, 15) is 14.4 Å². The molecule has 2 aliphatic heterocycles. The van der Waals surface area contributed by atoms with E-state index in [-0.39, 0.29) is 36.1 Å². The lowest BCUT2D eigenvalue weighted by Crippen LogP contribution is -2.57. The van der Waals surface area contributed by atoms with E-state index in [0.29, 0.717) is 27.4 Å². The highest BCUT2D eigenvalue weighted by Gasteiger charge is 2.48.